The Bertz CT molecular complexity index is 2490. The first-order valence-corrected chi connectivity index (χ1v) is 14.9. The van der Waals surface area contributed by atoms with Gasteiger partial charge in [0.25, 0.3) is 0 Å². The smallest absolute Gasteiger partial charge is 0.227 e. The second-order valence-electron chi connectivity index (χ2n) is 11.2. The maximum Gasteiger partial charge on any atom is 0.227 e. The van der Waals surface area contributed by atoms with Gasteiger partial charge in [-0.05, 0) is 92.0 Å². The van der Waals surface area contributed by atoms with Gasteiger partial charge >= 0.3 is 0 Å². The van der Waals surface area contributed by atoms with E-state index in [0.717, 1.165) is 33.4 Å². The third-order valence-corrected chi connectivity index (χ3v) is 8.71. The molecule has 0 aliphatic rings. The molecule has 0 spiro atoms. The van der Waals surface area contributed by atoms with Crippen molar-refractivity contribution in [2.24, 2.45) is 0 Å². The van der Waals surface area contributed by atoms with Crippen LogP contribution in [0.2, 0.25) is 0 Å². The van der Waals surface area contributed by atoms with E-state index in [0.29, 0.717) is 5.71 Å². The molecule has 44 heavy (non-hydrogen) atoms. The van der Waals surface area contributed by atoms with Crippen LogP contribution < -0.4 is 4.90 Å². The average Bonchev–Trinajstić information content (AvgIpc) is 3.48. The van der Waals surface area contributed by atoms with E-state index in [1.807, 2.05) is 12.1 Å². The lowest BCUT2D eigenvalue weighted by molar-refractivity contribution is 0.654. The van der Waals surface area contributed by atoms with Gasteiger partial charge in [0, 0.05) is 28.3 Å². The molecule has 3 nitrogen and oxygen atoms in total. The van der Waals surface area contributed by atoms with E-state index >= 15 is 0 Å². The first-order valence-electron chi connectivity index (χ1n) is 14.9. The second-order valence-corrected chi connectivity index (χ2v) is 11.2. The molecular formula is C41H26N2O. The highest BCUT2D eigenvalue weighted by molar-refractivity contribution is 6.17. The molecule has 2 heterocycles. The summed E-state index contributed by atoms with van der Waals surface area (Å²) in [7, 11) is 0. The number of aromatic nitrogens is 1. The molecule has 0 radical (unpaired) electrons. The van der Waals surface area contributed by atoms with E-state index in [4.69, 9.17) is 4.42 Å². The van der Waals surface area contributed by atoms with Crippen molar-refractivity contribution in [2.45, 2.75) is 0 Å². The zero-order valence-electron chi connectivity index (χ0n) is 23.8. The summed E-state index contributed by atoms with van der Waals surface area (Å²) in [5.41, 5.74) is 6.93. The van der Waals surface area contributed by atoms with E-state index in [2.05, 4.69) is 149 Å². The zero-order valence-corrected chi connectivity index (χ0v) is 23.8. The van der Waals surface area contributed by atoms with Crippen molar-refractivity contribution < 1.29 is 4.42 Å². The summed E-state index contributed by atoms with van der Waals surface area (Å²) in [5, 5.41) is 9.74. The molecule has 0 N–H and O–H groups in total. The summed E-state index contributed by atoms with van der Waals surface area (Å²) in [4.78, 5) is 6.73. The van der Waals surface area contributed by atoms with Crippen LogP contribution in [0.3, 0.4) is 0 Å². The molecule has 0 unspecified atom stereocenters. The maximum absolute atomic E-state index is 6.34. The van der Waals surface area contributed by atoms with Crippen LogP contribution in [0.4, 0.5) is 17.1 Å². The number of nitrogens with zero attached hydrogens (tertiary/aromatic N) is 2. The third-order valence-electron chi connectivity index (χ3n) is 8.71. The van der Waals surface area contributed by atoms with Crippen LogP contribution in [0, 0.1) is 0 Å². The molecule has 3 heteroatoms. The second kappa shape index (κ2) is 9.82. The molecule has 0 fully saturated rings. The van der Waals surface area contributed by atoms with Crippen molar-refractivity contribution in [3.63, 3.8) is 0 Å². The third kappa shape index (κ3) is 3.87. The van der Waals surface area contributed by atoms with Gasteiger partial charge in [-0.15, -0.1) is 0 Å². The van der Waals surface area contributed by atoms with Crippen LogP contribution >= 0.6 is 0 Å². The Balaban J connectivity index is 1.14. The molecule has 0 atom stereocenters. The number of para-hydroxylation sites is 2. The van der Waals surface area contributed by atoms with Crippen molar-refractivity contribution in [1.29, 1.82) is 0 Å². The van der Waals surface area contributed by atoms with Crippen LogP contribution in [0.15, 0.2) is 162 Å². The molecule has 2 aromatic heterocycles. The molecule has 9 aromatic rings. The summed E-state index contributed by atoms with van der Waals surface area (Å²) in [6.45, 7) is 0. The van der Waals surface area contributed by atoms with Gasteiger partial charge in [-0.25, -0.2) is 4.98 Å². The van der Waals surface area contributed by atoms with Crippen LogP contribution in [0.5, 0.6) is 0 Å². The van der Waals surface area contributed by atoms with Gasteiger partial charge in [-0.2, -0.15) is 0 Å². The minimum atomic E-state index is 0.649. The number of benzene rings is 7. The van der Waals surface area contributed by atoms with Crippen LogP contribution in [0.25, 0.3) is 65.5 Å². The van der Waals surface area contributed by atoms with E-state index in [-0.39, 0.29) is 0 Å². The van der Waals surface area contributed by atoms with Crippen molar-refractivity contribution in [3.8, 4) is 11.1 Å². The Labute approximate surface area is 254 Å². The lowest BCUT2D eigenvalue weighted by Gasteiger charge is -2.25. The van der Waals surface area contributed by atoms with Gasteiger partial charge in [-0.1, -0.05) is 103 Å². The predicted molar refractivity (Wildman–Crippen MR) is 184 cm³/mol. The fourth-order valence-electron chi connectivity index (χ4n) is 6.61. The predicted octanol–water partition coefficient (Wildman–Crippen LogP) is 11.6. The largest absolute Gasteiger partial charge is 0.435 e. The monoisotopic (exact) mass is 562 g/mol. The quantitative estimate of drug-likeness (QED) is 0.200. The highest BCUT2D eigenvalue weighted by Crippen LogP contribution is 2.42. The molecule has 0 bridgehead atoms. The molecule has 0 aliphatic carbocycles. The van der Waals surface area contributed by atoms with Crippen molar-refractivity contribution >= 4 is 71.4 Å². The fraction of sp³-hybridized carbons (Fsp3) is 0. The van der Waals surface area contributed by atoms with Gasteiger partial charge < -0.3 is 9.32 Å². The van der Waals surface area contributed by atoms with Crippen molar-refractivity contribution in [2.75, 3.05) is 4.90 Å². The standard InChI is InChI=1S/C41H26N2O/c1-2-9-31(10-3-1)43(39-14-6-12-37-38-13-7-25-42-41(38)44-40(37)39)32-20-15-27(16-21-32)29-18-22-34-30(26-29)19-24-35-33-11-5-4-8-28(33)17-23-36(34)35/h1-26H. The molecular weight excluding hydrogens is 536 g/mol. The van der Waals surface area contributed by atoms with E-state index in [1.165, 1.54) is 43.4 Å². The van der Waals surface area contributed by atoms with Crippen molar-refractivity contribution in [1.82, 2.24) is 4.98 Å². The Morgan fingerprint density at radius 3 is 1.95 bits per heavy atom. The summed E-state index contributed by atoms with van der Waals surface area (Å²) in [6, 6.07) is 54.0. The van der Waals surface area contributed by atoms with Gasteiger partial charge in [-0.3, -0.25) is 0 Å². The summed E-state index contributed by atoms with van der Waals surface area (Å²) >= 11 is 0. The number of anilines is 3. The number of fused-ring (bicyclic) bond motifs is 8. The van der Waals surface area contributed by atoms with Gasteiger partial charge in [0.2, 0.25) is 5.71 Å². The molecule has 0 aliphatic heterocycles. The van der Waals surface area contributed by atoms with Crippen LogP contribution in [-0.2, 0) is 0 Å². The summed E-state index contributed by atoms with van der Waals surface area (Å²) in [6.07, 6.45) is 1.77. The van der Waals surface area contributed by atoms with E-state index in [1.54, 1.807) is 6.20 Å². The van der Waals surface area contributed by atoms with Gasteiger partial charge in [0.15, 0.2) is 5.58 Å². The highest BCUT2D eigenvalue weighted by Gasteiger charge is 2.19. The number of furan rings is 1. The Hall–Kier alpha value is -5.93. The molecule has 0 saturated heterocycles. The SMILES string of the molecule is c1ccc(N(c2ccc(-c3ccc4c(ccc5c6ccccc6ccc45)c3)cc2)c2cccc3c2oc2ncccc23)cc1. The number of rotatable bonds is 4. The first-order chi connectivity index (χ1) is 21.8. The molecule has 206 valence electrons. The Morgan fingerprint density at radius 2 is 1.09 bits per heavy atom. The van der Waals surface area contributed by atoms with Gasteiger partial charge in [0.05, 0.1) is 5.69 Å². The normalized spacial score (nSPS) is 11.6. The maximum atomic E-state index is 6.34. The average molecular weight is 563 g/mol. The number of pyridine rings is 1. The lowest BCUT2D eigenvalue weighted by Crippen LogP contribution is -2.10. The van der Waals surface area contributed by atoms with Crippen LogP contribution in [0.1, 0.15) is 0 Å². The van der Waals surface area contributed by atoms with E-state index < -0.39 is 0 Å². The topological polar surface area (TPSA) is 29.3 Å². The van der Waals surface area contributed by atoms with Gasteiger partial charge in [0.1, 0.15) is 0 Å². The number of hydrogen-bond donors (Lipinski definition) is 0. The van der Waals surface area contributed by atoms with Crippen LogP contribution in [-0.4, -0.2) is 4.98 Å². The number of hydrogen-bond acceptors (Lipinski definition) is 3. The van der Waals surface area contributed by atoms with Crippen molar-refractivity contribution in [3.05, 3.63) is 158 Å². The minimum absolute atomic E-state index is 0.649. The fourth-order valence-corrected chi connectivity index (χ4v) is 6.61. The first kappa shape index (κ1) is 24.6. The highest BCUT2D eigenvalue weighted by atomic mass is 16.3. The Kier molecular flexibility index (Phi) is 5.50. The lowest BCUT2D eigenvalue weighted by atomic mass is 9.95. The summed E-state index contributed by atoms with van der Waals surface area (Å²) < 4.78 is 6.34. The minimum Gasteiger partial charge on any atom is -0.435 e. The summed E-state index contributed by atoms with van der Waals surface area (Å²) in [5.74, 6) is 0. The Morgan fingerprint density at radius 1 is 0.432 bits per heavy atom. The molecule has 7 aromatic carbocycles. The zero-order chi connectivity index (χ0) is 29.0. The molecule has 0 saturated carbocycles. The molecule has 9 rings (SSSR count). The molecule has 0 amide bonds. The van der Waals surface area contributed by atoms with E-state index in [9.17, 15) is 0 Å².